The molecule has 230 valence electrons. The molecule has 4 rings (SSSR count). The van der Waals surface area contributed by atoms with E-state index in [9.17, 15) is 12.8 Å². The van der Waals surface area contributed by atoms with Gasteiger partial charge in [-0.15, -0.1) is 11.3 Å². The number of sulfonamides is 1. The van der Waals surface area contributed by atoms with Crippen LogP contribution in [0.3, 0.4) is 0 Å². The first kappa shape index (κ1) is 32.3. The number of hydrogen-bond acceptors (Lipinski definition) is 9. The molecule has 3 aromatic carbocycles. The molecule has 0 aliphatic carbocycles. The molecular weight excluding hydrogens is 620 g/mol. The van der Waals surface area contributed by atoms with Crippen molar-refractivity contribution >= 4 is 55.2 Å². The topological polar surface area (TPSA) is 87.2 Å². The summed E-state index contributed by atoms with van der Waals surface area (Å²) in [4.78, 5) is 7.39. The van der Waals surface area contributed by atoms with Crippen molar-refractivity contribution in [1.29, 1.82) is 0 Å². The fourth-order valence-electron chi connectivity index (χ4n) is 4.21. The molecule has 0 unspecified atom stereocenters. The van der Waals surface area contributed by atoms with Crippen LogP contribution in [-0.2, 0) is 16.6 Å². The van der Waals surface area contributed by atoms with Crippen molar-refractivity contribution in [2.75, 3.05) is 63.0 Å². The minimum Gasteiger partial charge on any atom is -0.497 e. The second kappa shape index (κ2) is 13.8. The van der Waals surface area contributed by atoms with Gasteiger partial charge in [0.05, 0.1) is 42.8 Å². The molecule has 0 aliphatic heterocycles. The molecular formula is C29H32ClF2N5O4S2. The summed E-state index contributed by atoms with van der Waals surface area (Å²) in [6, 6.07) is 11.2. The first-order valence-electron chi connectivity index (χ1n) is 13.0. The van der Waals surface area contributed by atoms with Gasteiger partial charge in [-0.05, 0) is 50.5 Å². The zero-order chi connectivity index (χ0) is 31.3. The highest BCUT2D eigenvalue weighted by molar-refractivity contribution is 7.93. The maximum atomic E-state index is 15.7. The molecule has 9 nitrogen and oxygen atoms in total. The highest BCUT2D eigenvalue weighted by Crippen LogP contribution is 2.37. The fourth-order valence-corrected chi connectivity index (χ4v) is 6.83. The standard InChI is InChI=1S/C29H32ClF2N5O4S2/c1-35(2)11-12-36(3)26-14-20(31)7-9-24(26)34-25-17-23(32)28(16-22(25)30)43(38,39)37(29-33-10-13-42-29)18-19-6-8-21(40-4)15-27(19)41-5/h6-10,13-17,34H,11-12,18H2,1-5H3. The van der Waals surface area contributed by atoms with E-state index < -0.39 is 26.6 Å². The summed E-state index contributed by atoms with van der Waals surface area (Å²) in [5.74, 6) is -0.551. The van der Waals surface area contributed by atoms with Gasteiger partial charge in [0.1, 0.15) is 28.0 Å². The van der Waals surface area contributed by atoms with Gasteiger partial charge in [0.15, 0.2) is 5.13 Å². The number of ether oxygens (including phenoxy) is 2. The largest absolute Gasteiger partial charge is 0.497 e. The summed E-state index contributed by atoms with van der Waals surface area (Å²) in [7, 11) is 4.13. The number of aromatic nitrogens is 1. The Hall–Kier alpha value is -3.65. The van der Waals surface area contributed by atoms with Crippen LogP contribution in [0, 0.1) is 11.6 Å². The van der Waals surface area contributed by atoms with Crippen LogP contribution in [-0.4, -0.2) is 66.8 Å². The van der Waals surface area contributed by atoms with Gasteiger partial charge in [-0.3, -0.25) is 0 Å². The van der Waals surface area contributed by atoms with Crippen molar-refractivity contribution in [3.8, 4) is 11.5 Å². The molecule has 14 heteroatoms. The third-order valence-corrected chi connectivity index (χ3v) is 9.53. The summed E-state index contributed by atoms with van der Waals surface area (Å²) >= 11 is 7.62. The monoisotopic (exact) mass is 651 g/mol. The number of nitrogens with zero attached hydrogens (tertiary/aromatic N) is 4. The molecule has 0 saturated carbocycles. The second-order valence-corrected chi connectivity index (χ2v) is 12.9. The average Bonchev–Trinajstić information content (AvgIpc) is 3.51. The molecule has 0 amide bonds. The highest BCUT2D eigenvalue weighted by Gasteiger charge is 2.32. The van der Waals surface area contributed by atoms with Crippen LogP contribution < -0.4 is 24.0 Å². The van der Waals surface area contributed by atoms with Gasteiger partial charge in [-0.25, -0.2) is 26.5 Å². The summed E-state index contributed by atoms with van der Waals surface area (Å²) in [6.45, 7) is 1.11. The minimum absolute atomic E-state index is 0.0488. The maximum Gasteiger partial charge on any atom is 0.269 e. The molecule has 0 aliphatic rings. The van der Waals surface area contributed by atoms with E-state index >= 15 is 4.39 Å². The molecule has 1 aromatic heterocycles. The number of benzene rings is 3. The second-order valence-electron chi connectivity index (χ2n) is 9.78. The van der Waals surface area contributed by atoms with Crippen LogP contribution in [0.1, 0.15) is 5.56 Å². The van der Waals surface area contributed by atoms with Crippen molar-refractivity contribution < 1.29 is 26.7 Å². The predicted octanol–water partition coefficient (Wildman–Crippen LogP) is 6.23. The Labute approximate surface area is 259 Å². The average molecular weight is 652 g/mol. The molecule has 0 radical (unpaired) electrons. The summed E-state index contributed by atoms with van der Waals surface area (Å²) in [5, 5.41) is 4.74. The van der Waals surface area contributed by atoms with Gasteiger partial charge in [0, 0.05) is 49.4 Å². The lowest BCUT2D eigenvalue weighted by molar-refractivity contribution is 0.391. The highest BCUT2D eigenvalue weighted by atomic mass is 35.5. The van der Waals surface area contributed by atoms with Gasteiger partial charge in [0.25, 0.3) is 10.0 Å². The Bertz CT molecular complexity index is 1670. The normalized spacial score (nSPS) is 11.5. The van der Waals surface area contributed by atoms with E-state index in [0.717, 1.165) is 27.8 Å². The summed E-state index contributed by atoms with van der Waals surface area (Å²) in [5.41, 5.74) is 1.62. The fraction of sp³-hybridized carbons (Fsp3) is 0.276. The predicted molar refractivity (Wildman–Crippen MR) is 168 cm³/mol. The number of halogens is 3. The summed E-state index contributed by atoms with van der Waals surface area (Å²) in [6.07, 6.45) is 1.46. The van der Waals surface area contributed by atoms with Crippen molar-refractivity contribution in [2.45, 2.75) is 11.4 Å². The smallest absolute Gasteiger partial charge is 0.269 e. The number of methoxy groups -OCH3 is 2. The van der Waals surface area contributed by atoms with E-state index in [1.54, 1.807) is 23.6 Å². The van der Waals surface area contributed by atoms with Gasteiger partial charge in [-0.1, -0.05) is 11.6 Å². The molecule has 1 N–H and O–H groups in total. The summed E-state index contributed by atoms with van der Waals surface area (Å²) < 4.78 is 69.5. The number of rotatable bonds is 13. The van der Waals surface area contributed by atoms with E-state index in [4.69, 9.17) is 21.1 Å². The van der Waals surface area contributed by atoms with Crippen LogP contribution in [0.4, 0.5) is 31.0 Å². The molecule has 4 aromatic rings. The Morgan fingerprint density at radius 2 is 1.74 bits per heavy atom. The number of anilines is 4. The van der Waals surface area contributed by atoms with Crippen LogP contribution >= 0.6 is 22.9 Å². The maximum absolute atomic E-state index is 15.7. The van der Waals surface area contributed by atoms with Crippen molar-refractivity contribution in [3.05, 3.63) is 82.3 Å². The van der Waals surface area contributed by atoms with Crippen LogP contribution in [0.5, 0.6) is 11.5 Å². The zero-order valence-electron chi connectivity index (χ0n) is 24.3. The van der Waals surface area contributed by atoms with Crippen LogP contribution in [0.15, 0.2) is 65.0 Å². The van der Waals surface area contributed by atoms with Crippen LogP contribution in [0.2, 0.25) is 5.02 Å². The minimum atomic E-state index is -4.50. The lowest BCUT2D eigenvalue weighted by atomic mass is 10.2. The van der Waals surface area contributed by atoms with Crippen molar-refractivity contribution in [3.63, 3.8) is 0 Å². The van der Waals surface area contributed by atoms with Gasteiger partial charge < -0.3 is 24.6 Å². The lowest BCUT2D eigenvalue weighted by Gasteiger charge is -2.25. The number of thiazole rings is 1. The third-order valence-electron chi connectivity index (χ3n) is 6.55. The lowest BCUT2D eigenvalue weighted by Crippen LogP contribution is -2.31. The van der Waals surface area contributed by atoms with E-state index in [-0.39, 0.29) is 22.4 Å². The number of nitrogens with one attached hydrogen (secondary N) is 1. The van der Waals surface area contributed by atoms with Gasteiger partial charge in [-0.2, -0.15) is 0 Å². The Kier molecular flexibility index (Phi) is 10.3. The van der Waals surface area contributed by atoms with Crippen LogP contribution in [0.25, 0.3) is 0 Å². The van der Waals surface area contributed by atoms with Crippen molar-refractivity contribution in [1.82, 2.24) is 9.88 Å². The molecule has 43 heavy (non-hydrogen) atoms. The molecule has 0 spiro atoms. The Morgan fingerprint density at radius 3 is 2.40 bits per heavy atom. The van der Waals surface area contributed by atoms with Gasteiger partial charge in [0.2, 0.25) is 0 Å². The molecule has 0 saturated heterocycles. The molecule has 0 fully saturated rings. The van der Waals surface area contributed by atoms with E-state index in [2.05, 4.69) is 10.3 Å². The number of likely N-dealkylation sites (N-methyl/N-ethyl adjacent to an activating group) is 2. The first-order chi connectivity index (χ1) is 20.4. The first-order valence-corrected chi connectivity index (χ1v) is 15.7. The SMILES string of the molecule is COc1ccc(CN(c2nccs2)S(=O)(=O)c2cc(Cl)c(Nc3ccc(F)cc3N(C)CCN(C)C)cc2F)c(OC)c1. The zero-order valence-corrected chi connectivity index (χ0v) is 26.7. The quantitative estimate of drug-likeness (QED) is 0.182. The third kappa shape index (κ3) is 7.47. The Balaban J connectivity index is 1.70. The molecule has 0 bridgehead atoms. The number of hydrogen-bond donors (Lipinski definition) is 1. The molecule has 1 heterocycles. The Morgan fingerprint density at radius 1 is 0.977 bits per heavy atom. The van der Waals surface area contributed by atoms with E-state index in [1.807, 2.05) is 30.9 Å². The van der Waals surface area contributed by atoms with Gasteiger partial charge >= 0.3 is 0 Å². The van der Waals surface area contributed by atoms with Crippen molar-refractivity contribution in [2.24, 2.45) is 0 Å². The van der Waals surface area contributed by atoms with E-state index in [1.165, 1.54) is 38.6 Å². The van der Waals surface area contributed by atoms with E-state index in [0.29, 0.717) is 41.5 Å². The molecule has 0 atom stereocenters.